The van der Waals surface area contributed by atoms with Gasteiger partial charge in [-0.05, 0) is 59.9 Å². The Morgan fingerprint density at radius 2 is 2.32 bits per heavy atom. The van der Waals surface area contributed by atoms with Crippen molar-refractivity contribution in [3.05, 3.63) is 34.1 Å². The van der Waals surface area contributed by atoms with Gasteiger partial charge in [-0.25, -0.2) is 4.39 Å². The first kappa shape index (κ1) is 14.9. The first-order valence-corrected chi connectivity index (χ1v) is 7.71. The molecule has 0 saturated carbocycles. The zero-order valence-electron chi connectivity index (χ0n) is 11.5. The quantitative estimate of drug-likeness (QED) is 0.879. The molecule has 2 nitrogen and oxygen atoms in total. The second-order valence-electron chi connectivity index (χ2n) is 5.25. The highest BCUT2D eigenvalue weighted by atomic mass is 79.9. The monoisotopic (exact) mass is 329 g/mol. The standard InChI is InChI=1S/C15H21BrFNO/c1-3-6-18-15(12-7-10(2)19-9-12)11-4-5-14(17)13(16)8-11/h4-5,8,10,12,15,18H,3,6-7,9H2,1-2H3. The molecule has 1 aliphatic rings. The summed E-state index contributed by atoms with van der Waals surface area (Å²) < 4.78 is 19.6. The normalized spacial score (nSPS) is 24.6. The number of rotatable bonds is 5. The maximum atomic E-state index is 13.4. The molecule has 1 N–H and O–H groups in total. The molecular weight excluding hydrogens is 309 g/mol. The van der Waals surface area contributed by atoms with Gasteiger partial charge in [-0.1, -0.05) is 13.0 Å². The van der Waals surface area contributed by atoms with Gasteiger partial charge in [0.1, 0.15) is 5.82 Å². The number of hydrogen-bond acceptors (Lipinski definition) is 2. The highest BCUT2D eigenvalue weighted by molar-refractivity contribution is 9.10. The van der Waals surface area contributed by atoms with Crippen LogP contribution < -0.4 is 5.32 Å². The minimum Gasteiger partial charge on any atom is -0.378 e. The van der Waals surface area contributed by atoms with Crippen LogP contribution in [0.5, 0.6) is 0 Å². The lowest BCUT2D eigenvalue weighted by Gasteiger charge is -2.24. The summed E-state index contributed by atoms with van der Waals surface area (Å²) in [7, 11) is 0. The molecule has 1 aromatic carbocycles. The van der Waals surface area contributed by atoms with E-state index in [0.717, 1.165) is 31.6 Å². The van der Waals surface area contributed by atoms with Crippen molar-refractivity contribution in [2.24, 2.45) is 5.92 Å². The fraction of sp³-hybridized carbons (Fsp3) is 0.600. The smallest absolute Gasteiger partial charge is 0.137 e. The van der Waals surface area contributed by atoms with Gasteiger partial charge in [0.15, 0.2) is 0 Å². The van der Waals surface area contributed by atoms with Gasteiger partial charge in [0.2, 0.25) is 0 Å². The van der Waals surface area contributed by atoms with E-state index >= 15 is 0 Å². The third-order valence-electron chi connectivity index (χ3n) is 3.62. The van der Waals surface area contributed by atoms with Gasteiger partial charge in [0.05, 0.1) is 17.2 Å². The predicted octanol–water partition coefficient (Wildman–Crippen LogP) is 4.05. The largest absolute Gasteiger partial charge is 0.378 e. The second kappa shape index (κ2) is 6.82. The summed E-state index contributed by atoms with van der Waals surface area (Å²) in [6.45, 7) is 6.00. The molecule has 0 aromatic heterocycles. The number of halogens is 2. The van der Waals surface area contributed by atoms with Crippen LogP contribution in [0.25, 0.3) is 0 Å². The average Bonchev–Trinajstić information content (AvgIpc) is 2.80. The molecule has 0 aliphatic carbocycles. The molecule has 0 spiro atoms. The average molecular weight is 330 g/mol. The summed E-state index contributed by atoms with van der Waals surface area (Å²) in [6.07, 6.45) is 2.46. The van der Waals surface area contributed by atoms with E-state index in [2.05, 4.69) is 35.1 Å². The van der Waals surface area contributed by atoms with Crippen LogP contribution in [0.3, 0.4) is 0 Å². The van der Waals surface area contributed by atoms with E-state index in [4.69, 9.17) is 4.74 Å². The SMILES string of the molecule is CCCNC(c1ccc(F)c(Br)c1)C1COC(C)C1. The van der Waals surface area contributed by atoms with E-state index in [0.29, 0.717) is 16.5 Å². The molecule has 0 bridgehead atoms. The van der Waals surface area contributed by atoms with Crippen LogP contribution in [0.1, 0.15) is 38.3 Å². The van der Waals surface area contributed by atoms with Crippen LogP contribution in [0, 0.1) is 11.7 Å². The number of benzene rings is 1. The van der Waals surface area contributed by atoms with Crippen molar-refractivity contribution in [3.63, 3.8) is 0 Å². The molecule has 0 radical (unpaired) electrons. The van der Waals surface area contributed by atoms with Gasteiger partial charge in [-0.2, -0.15) is 0 Å². The first-order chi connectivity index (χ1) is 9.11. The molecule has 3 unspecified atom stereocenters. The second-order valence-corrected chi connectivity index (χ2v) is 6.10. The minimum absolute atomic E-state index is 0.214. The van der Waals surface area contributed by atoms with Crippen molar-refractivity contribution < 1.29 is 9.13 Å². The van der Waals surface area contributed by atoms with Crippen LogP contribution in [0.15, 0.2) is 22.7 Å². The highest BCUT2D eigenvalue weighted by Crippen LogP contribution is 2.33. The molecule has 1 heterocycles. The molecule has 106 valence electrons. The molecule has 1 fully saturated rings. The summed E-state index contributed by atoms with van der Waals surface area (Å²) >= 11 is 3.27. The molecule has 2 rings (SSSR count). The van der Waals surface area contributed by atoms with Crippen LogP contribution in [0.2, 0.25) is 0 Å². The van der Waals surface area contributed by atoms with Crippen molar-refractivity contribution in [3.8, 4) is 0 Å². The topological polar surface area (TPSA) is 21.3 Å². The van der Waals surface area contributed by atoms with Gasteiger partial charge in [0, 0.05) is 12.0 Å². The Labute approximate surface area is 122 Å². The lowest BCUT2D eigenvalue weighted by atomic mass is 9.91. The van der Waals surface area contributed by atoms with Crippen molar-refractivity contribution >= 4 is 15.9 Å². The Bertz CT molecular complexity index is 427. The van der Waals surface area contributed by atoms with E-state index in [1.165, 1.54) is 6.07 Å². The van der Waals surface area contributed by atoms with E-state index < -0.39 is 0 Å². The van der Waals surface area contributed by atoms with Gasteiger partial charge in [-0.15, -0.1) is 0 Å². The molecule has 1 aliphatic heterocycles. The Kier molecular flexibility index (Phi) is 5.37. The molecular formula is C15H21BrFNO. The third kappa shape index (κ3) is 3.77. The zero-order valence-corrected chi connectivity index (χ0v) is 13.0. The van der Waals surface area contributed by atoms with Gasteiger partial charge >= 0.3 is 0 Å². The van der Waals surface area contributed by atoms with Crippen LogP contribution >= 0.6 is 15.9 Å². The van der Waals surface area contributed by atoms with Crippen LogP contribution in [-0.2, 0) is 4.74 Å². The summed E-state index contributed by atoms with van der Waals surface area (Å²) in [5.74, 6) is 0.243. The van der Waals surface area contributed by atoms with Crippen molar-refractivity contribution in [1.29, 1.82) is 0 Å². The summed E-state index contributed by atoms with van der Waals surface area (Å²) in [5, 5.41) is 3.57. The summed E-state index contributed by atoms with van der Waals surface area (Å²) in [4.78, 5) is 0. The maximum Gasteiger partial charge on any atom is 0.137 e. The predicted molar refractivity (Wildman–Crippen MR) is 78.7 cm³/mol. The Balaban J connectivity index is 2.18. The van der Waals surface area contributed by atoms with E-state index in [1.54, 1.807) is 0 Å². The fourth-order valence-electron chi connectivity index (χ4n) is 2.64. The molecule has 3 atom stereocenters. The van der Waals surface area contributed by atoms with Crippen molar-refractivity contribution in [2.75, 3.05) is 13.2 Å². The molecule has 0 amide bonds. The number of hydrogen-bond donors (Lipinski definition) is 1. The lowest BCUT2D eigenvalue weighted by molar-refractivity contribution is 0.117. The van der Waals surface area contributed by atoms with Crippen LogP contribution in [0.4, 0.5) is 4.39 Å². The molecule has 19 heavy (non-hydrogen) atoms. The van der Waals surface area contributed by atoms with Crippen molar-refractivity contribution in [1.82, 2.24) is 5.32 Å². The Morgan fingerprint density at radius 3 is 2.89 bits per heavy atom. The Morgan fingerprint density at radius 1 is 1.53 bits per heavy atom. The lowest BCUT2D eigenvalue weighted by Crippen LogP contribution is -2.29. The minimum atomic E-state index is -0.214. The summed E-state index contributed by atoms with van der Waals surface area (Å²) in [5.41, 5.74) is 1.13. The van der Waals surface area contributed by atoms with Crippen LogP contribution in [-0.4, -0.2) is 19.3 Å². The molecule has 1 aromatic rings. The summed E-state index contributed by atoms with van der Waals surface area (Å²) in [6, 6.07) is 5.52. The van der Waals surface area contributed by atoms with E-state index in [-0.39, 0.29) is 11.9 Å². The first-order valence-electron chi connectivity index (χ1n) is 6.91. The molecule has 1 saturated heterocycles. The van der Waals surface area contributed by atoms with Gasteiger partial charge < -0.3 is 10.1 Å². The van der Waals surface area contributed by atoms with Crippen molar-refractivity contribution in [2.45, 2.75) is 38.8 Å². The fourth-order valence-corrected chi connectivity index (χ4v) is 3.04. The highest BCUT2D eigenvalue weighted by Gasteiger charge is 2.30. The molecule has 4 heteroatoms. The van der Waals surface area contributed by atoms with Gasteiger partial charge in [0.25, 0.3) is 0 Å². The number of ether oxygens (including phenoxy) is 1. The number of nitrogens with one attached hydrogen (secondary N) is 1. The zero-order chi connectivity index (χ0) is 13.8. The Hall–Kier alpha value is -0.450. The third-order valence-corrected chi connectivity index (χ3v) is 4.23. The van der Waals surface area contributed by atoms with E-state index in [1.807, 2.05) is 12.1 Å². The van der Waals surface area contributed by atoms with Gasteiger partial charge in [-0.3, -0.25) is 0 Å². The van der Waals surface area contributed by atoms with E-state index in [9.17, 15) is 4.39 Å². The maximum absolute atomic E-state index is 13.4.